The predicted octanol–water partition coefficient (Wildman–Crippen LogP) is -0.0224. The predicted molar refractivity (Wildman–Crippen MR) is 43.8 cm³/mol. The van der Waals surface area contributed by atoms with Gasteiger partial charge in [0.1, 0.15) is 0 Å². The van der Waals surface area contributed by atoms with E-state index in [1.54, 1.807) is 0 Å². The minimum absolute atomic E-state index is 0.433. The smallest absolute Gasteiger partial charge is 0.261 e. The first kappa shape index (κ1) is 10.0. The van der Waals surface area contributed by atoms with E-state index in [2.05, 4.69) is 0 Å². The molecule has 0 fully saturated rings. The quantitative estimate of drug-likeness (QED) is 0.655. The van der Waals surface area contributed by atoms with Crippen molar-refractivity contribution in [2.45, 2.75) is 4.90 Å². The van der Waals surface area contributed by atoms with Gasteiger partial charge in [-0.15, -0.1) is 0 Å². The van der Waals surface area contributed by atoms with E-state index in [1.165, 1.54) is 12.1 Å². The normalized spacial score (nSPS) is 11.2. The summed E-state index contributed by atoms with van der Waals surface area (Å²) in [5.74, 6) is -1.57. The summed E-state index contributed by atoms with van der Waals surface area (Å²) < 4.78 is 21.7. The zero-order chi connectivity index (χ0) is 10.1. The van der Waals surface area contributed by atoms with Crippen molar-refractivity contribution in [2.24, 2.45) is 0 Å². The van der Waals surface area contributed by atoms with Crippen LogP contribution in [-0.2, 0) is 9.05 Å². The second kappa shape index (κ2) is 3.35. The average Bonchev–Trinajstić information content (AvgIpc) is 2.03. The summed E-state index contributed by atoms with van der Waals surface area (Å²) in [5, 5.41) is 10.4. The lowest BCUT2D eigenvalue weighted by Crippen LogP contribution is -2.24. The Morgan fingerprint density at radius 3 is 2.23 bits per heavy atom. The van der Waals surface area contributed by atoms with Crippen LogP contribution in [0, 0.1) is 0 Å². The summed E-state index contributed by atoms with van der Waals surface area (Å²) in [6, 6.07) is 4.98. The largest absolute Gasteiger partial charge is 0.545 e. The fourth-order valence-corrected chi connectivity index (χ4v) is 1.91. The summed E-state index contributed by atoms with van der Waals surface area (Å²) in [6.45, 7) is 0. The molecule has 0 atom stereocenters. The Labute approximate surface area is 79.2 Å². The second-order valence-electron chi connectivity index (χ2n) is 2.22. The topological polar surface area (TPSA) is 74.3 Å². The number of halogens is 1. The average molecular weight is 220 g/mol. The first-order valence-electron chi connectivity index (χ1n) is 3.18. The van der Waals surface area contributed by atoms with Gasteiger partial charge in [0.25, 0.3) is 9.05 Å². The van der Waals surface area contributed by atoms with E-state index in [0.29, 0.717) is 0 Å². The van der Waals surface area contributed by atoms with Crippen LogP contribution >= 0.6 is 10.7 Å². The molecule has 4 nitrogen and oxygen atoms in total. The van der Waals surface area contributed by atoms with Gasteiger partial charge in [0.2, 0.25) is 0 Å². The third kappa shape index (κ3) is 2.19. The summed E-state index contributed by atoms with van der Waals surface area (Å²) in [5.41, 5.74) is -0.433. The molecule has 0 aliphatic heterocycles. The van der Waals surface area contributed by atoms with E-state index in [9.17, 15) is 18.3 Å². The molecule has 0 aliphatic rings. The lowest BCUT2D eigenvalue weighted by molar-refractivity contribution is -0.255. The van der Waals surface area contributed by atoms with Crippen molar-refractivity contribution >= 4 is 25.7 Å². The molecule has 0 aromatic heterocycles. The van der Waals surface area contributed by atoms with Crippen molar-refractivity contribution in [3.8, 4) is 0 Å². The van der Waals surface area contributed by atoms with Crippen molar-refractivity contribution in [1.82, 2.24) is 0 Å². The van der Waals surface area contributed by atoms with E-state index < -0.39 is 25.5 Å². The van der Waals surface area contributed by atoms with Crippen LogP contribution in [-0.4, -0.2) is 14.4 Å². The highest BCUT2D eigenvalue weighted by atomic mass is 35.7. The molecule has 0 saturated carbocycles. The number of carboxylic acids is 1. The maximum absolute atomic E-state index is 10.8. The van der Waals surface area contributed by atoms with Crippen LogP contribution in [0.25, 0.3) is 0 Å². The van der Waals surface area contributed by atoms with E-state index in [1.807, 2.05) is 0 Å². The molecule has 0 unspecified atom stereocenters. The molecule has 13 heavy (non-hydrogen) atoms. The van der Waals surface area contributed by atoms with E-state index in [4.69, 9.17) is 10.7 Å². The summed E-state index contributed by atoms with van der Waals surface area (Å²) in [7, 11) is 0.962. The molecule has 0 radical (unpaired) electrons. The van der Waals surface area contributed by atoms with Crippen LogP contribution in [0.15, 0.2) is 29.2 Å². The third-order valence-corrected chi connectivity index (χ3v) is 2.75. The Bertz CT molecular complexity index is 438. The lowest BCUT2D eigenvalue weighted by Gasteiger charge is -2.05. The third-order valence-electron chi connectivity index (χ3n) is 1.37. The summed E-state index contributed by atoms with van der Waals surface area (Å²) >= 11 is 0. The molecule has 1 rings (SSSR count). The number of carbonyl (C=O) groups is 1. The number of hydrogen-bond donors (Lipinski definition) is 0. The molecule has 6 heteroatoms. The summed E-state index contributed by atoms with van der Waals surface area (Å²) in [4.78, 5) is 9.99. The Balaban J connectivity index is 3.46. The Kier molecular flexibility index (Phi) is 2.58. The molecule has 0 aliphatic carbocycles. The van der Waals surface area contributed by atoms with Gasteiger partial charge in [-0.3, -0.25) is 0 Å². The second-order valence-corrected chi connectivity index (χ2v) is 4.76. The van der Waals surface area contributed by atoms with E-state index in [-0.39, 0.29) is 0 Å². The van der Waals surface area contributed by atoms with Crippen molar-refractivity contribution in [1.29, 1.82) is 0 Å². The van der Waals surface area contributed by atoms with Crippen LogP contribution in [0.3, 0.4) is 0 Å². The van der Waals surface area contributed by atoms with Gasteiger partial charge in [0.15, 0.2) is 0 Å². The van der Waals surface area contributed by atoms with Gasteiger partial charge in [-0.05, 0) is 6.07 Å². The van der Waals surface area contributed by atoms with Crippen LogP contribution in [0.5, 0.6) is 0 Å². The zero-order valence-corrected chi connectivity index (χ0v) is 7.80. The SMILES string of the molecule is O=C([O-])c1ccccc1S(=O)(=O)Cl. The monoisotopic (exact) mass is 219 g/mol. The molecular weight excluding hydrogens is 216 g/mol. The maximum Gasteiger partial charge on any atom is 0.261 e. The first-order valence-corrected chi connectivity index (χ1v) is 5.49. The highest BCUT2D eigenvalue weighted by molar-refractivity contribution is 8.13. The van der Waals surface area contributed by atoms with Crippen LogP contribution in [0.1, 0.15) is 10.4 Å². The Morgan fingerprint density at radius 2 is 1.85 bits per heavy atom. The molecule has 1 aromatic rings. The van der Waals surface area contributed by atoms with Crippen molar-refractivity contribution in [3.05, 3.63) is 29.8 Å². The standard InChI is InChI=1S/C7H5ClO4S/c8-13(11,12)6-4-2-1-3-5(6)7(9)10/h1-4H,(H,9,10)/p-1. The molecule has 0 bridgehead atoms. The number of carbonyl (C=O) groups excluding carboxylic acids is 1. The fourth-order valence-electron chi connectivity index (χ4n) is 0.848. The van der Waals surface area contributed by atoms with Crippen molar-refractivity contribution in [2.75, 3.05) is 0 Å². The lowest BCUT2D eigenvalue weighted by atomic mass is 10.2. The molecule has 0 spiro atoms. The van der Waals surface area contributed by atoms with Gasteiger partial charge in [-0.1, -0.05) is 18.2 Å². The molecule has 1 aromatic carbocycles. The minimum atomic E-state index is -4.03. The van der Waals surface area contributed by atoms with Gasteiger partial charge < -0.3 is 9.90 Å². The maximum atomic E-state index is 10.8. The van der Waals surface area contributed by atoms with E-state index >= 15 is 0 Å². The number of carboxylic acid groups (broad SMARTS) is 1. The molecular formula is C7H4ClO4S-. The highest BCUT2D eigenvalue weighted by Crippen LogP contribution is 2.18. The van der Waals surface area contributed by atoms with Gasteiger partial charge in [0.05, 0.1) is 10.9 Å². The van der Waals surface area contributed by atoms with Gasteiger partial charge in [0, 0.05) is 16.2 Å². The number of benzene rings is 1. The first-order chi connectivity index (χ1) is 5.93. The Hall–Kier alpha value is -1.07. The molecule has 0 saturated heterocycles. The number of aromatic carboxylic acids is 1. The summed E-state index contributed by atoms with van der Waals surface area (Å²) in [6.07, 6.45) is 0. The fraction of sp³-hybridized carbons (Fsp3) is 0. The molecule has 0 amide bonds. The number of hydrogen-bond acceptors (Lipinski definition) is 4. The van der Waals surface area contributed by atoms with E-state index in [0.717, 1.165) is 12.1 Å². The van der Waals surface area contributed by atoms with Crippen LogP contribution in [0.2, 0.25) is 0 Å². The minimum Gasteiger partial charge on any atom is -0.545 e. The molecule has 70 valence electrons. The van der Waals surface area contributed by atoms with Crippen LogP contribution in [0.4, 0.5) is 0 Å². The number of rotatable bonds is 2. The molecule has 0 heterocycles. The molecule has 0 N–H and O–H groups in total. The van der Waals surface area contributed by atoms with Crippen molar-refractivity contribution in [3.63, 3.8) is 0 Å². The van der Waals surface area contributed by atoms with Gasteiger partial charge in [-0.25, -0.2) is 8.42 Å². The van der Waals surface area contributed by atoms with Crippen LogP contribution < -0.4 is 5.11 Å². The highest BCUT2D eigenvalue weighted by Gasteiger charge is 2.14. The van der Waals surface area contributed by atoms with Crippen molar-refractivity contribution < 1.29 is 18.3 Å². The van der Waals surface area contributed by atoms with Gasteiger partial charge in [-0.2, -0.15) is 0 Å². The Morgan fingerprint density at radius 1 is 1.31 bits per heavy atom. The zero-order valence-electron chi connectivity index (χ0n) is 6.23. The van der Waals surface area contributed by atoms with Gasteiger partial charge >= 0.3 is 0 Å².